The summed E-state index contributed by atoms with van der Waals surface area (Å²) in [6.45, 7) is 4.00. The van der Waals surface area contributed by atoms with Gasteiger partial charge in [-0.05, 0) is 56.4 Å². The van der Waals surface area contributed by atoms with E-state index < -0.39 is 17.6 Å². The summed E-state index contributed by atoms with van der Waals surface area (Å²) < 4.78 is 39.0. The maximum atomic E-state index is 13.0. The summed E-state index contributed by atoms with van der Waals surface area (Å²) >= 11 is 0. The molecule has 5 N–H and O–H groups in total. The number of carbonyl (C=O) groups excluding carboxylic acids is 2. The van der Waals surface area contributed by atoms with Crippen LogP contribution < -0.4 is 16.4 Å². The van der Waals surface area contributed by atoms with E-state index in [0.717, 1.165) is 62.4 Å². The first-order valence-electron chi connectivity index (χ1n) is 15.7. The number of amides is 2. The van der Waals surface area contributed by atoms with Gasteiger partial charge < -0.3 is 16.4 Å². The minimum Gasteiger partial charge on any atom is -0.383 e. The van der Waals surface area contributed by atoms with Crippen molar-refractivity contribution in [3.63, 3.8) is 0 Å². The van der Waals surface area contributed by atoms with Crippen LogP contribution in [0.15, 0.2) is 54.9 Å². The summed E-state index contributed by atoms with van der Waals surface area (Å²) in [5, 5.41) is 13.7. The van der Waals surface area contributed by atoms with Gasteiger partial charge in [-0.3, -0.25) is 14.7 Å². The molecule has 0 radical (unpaired) electrons. The second-order valence-electron chi connectivity index (χ2n) is 10.9. The summed E-state index contributed by atoms with van der Waals surface area (Å²) in [5.74, 6) is -0.342. The molecule has 0 atom stereocenters. The smallest absolute Gasteiger partial charge is 0.383 e. The summed E-state index contributed by atoms with van der Waals surface area (Å²) in [4.78, 5) is 32.9. The number of hydrogen-bond acceptors (Lipinski definition) is 6. The molecular formula is C34H40F3N7O2. The first kappa shape index (κ1) is 34.1. The number of halogens is 3. The highest BCUT2D eigenvalue weighted by molar-refractivity contribution is 6.05. The molecule has 0 unspecified atom stereocenters. The Hall–Kier alpha value is -4.74. The third kappa shape index (κ3) is 8.92. The van der Waals surface area contributed by atoms with E-state index in [4.69, 9.17) is 5.73 Å². The topological polar surface area (TPSA) is 139 Å². The molecule has 3 aromatic heterocycles. The highest BCUT2D eigenvalue weighted by Crippen LogP contribution is 2.33. The van der Waals surface area contributed by atoms with Gasteiger partial charge in [0.15, 0.2) is 0 Å². The van der Waals surface area contributed by atoms with Gasteiger partial charge in [0.1, 0.15) is 17.2 Å². The van der Waals surface area contributed by atoms with Gasteiger partial charge >= 0.3 is 6.18 Å². The minimum absolute atomic E-state index is 0.155. The zero-order valence-electron chi connectivity index (χ0n) is 26.1. The van der Waals surface area contributed by atoms with Gasteiger partial charge in [-0.2, -0.15) is 18.3 Å². The van der Waals surface area contributed by atoms with Crippen LogP contribution in [0.4, 0.5) is 24.8 Å². The number of nitrogens with zero attached hydrogens (tertiary/aromatic N) is 3. The largest absolute Gasteiger partial charge is 0.416 e. The molecule has 12 heteroatoms. The molecule has 1 aliphatic rings. The standard InChI is InChI=1S/C32H34F3N7O2.C2H6/c33-32(34,35)23-16-17-37-25(18-23)40-31(44)21-14-12-20(13-15-21)28-27-29(42-41-28)22(19-38-30(27)36)8-4-2-1-3-5-11-26(43)39-24-9-6-7-10-24;1-2/h4,8,12-19,24H,1-3,5-7,9-11H2,(H2,36,38)(H,39,43)(H,41,42)(H,37,40,44);1-2H3/b8-4+;. The van der Waals surface area contributed by atoms with Crippen molar-refractivity contribution in [3.8, 4) is 11.3 Å². The SMILES string of the molecule is CC.Nc1ncc(/C=C/CCCCCC(=O)NC2CCCC2)c2n[nH]c(-c3ccc(C(=O)Nc4cc(C(F)(F)F)ccn4)cc3)c12. The van der Waals surface area contributed by atoms with Gasteiger partial charge in [-0.15, -0.1) is 0 Å². The number of pyridine rings is 2. The highest BCUT2D eigenvalue weighted by Gasteiger charge is 2.31. The number of benzene rings is 1. The van der Waals surface area contributed by atoms with E-state index in [1.807, 2.05) is 19.9 Å². The van der Waals surface area contributed by atoms with E-state index in [1.165, 1.54) is 12.8 Å². The van der Waals surface area contributed by atoms with Crippen LogP contribution in [0.3, 0.4) is 0 Å². The number of unbranched alkanes of at least 4 members (excludes halogenated alkanes) is 3. The Morgan fingerprint density at radius 3 is 2.50 bits per heavy atom. The number of carbonyl (C=O) groups is 2. The summed E-state index contributed by atoms with van der Waals surface area (Å²) in [5.41, 5.74) is 8.34. The molecular weight excluding hydrogens is 595 g/mol. The van der Waals surface area contributed by atoms with Gasteiger partial charge in [0, 0.05) is 41.5 Å². The number of nitrogen functional groups attached to an aromatic ring is 1. The van der Waals surface area contributed by atoms with Crippen molar-refractivity contribution in [2.24, 2.45) is 0 Å². The summed E-state index contributed by atoms with van der Waals surface area (Å²) in [7, 11) is 0. The molecule has 4 aromatic rings. The number of hydrogen-bond donors (Lipinski definition) is 4. The van der Waals surface area contributed by atoms with Crippen molar-refractivity contribution in [2.45, 2.75) is 83.9 Å². The third-order valence-electron chi connectivity index (χ3n) is 7.70. The number of allylic oxidation sites excluding steroid dienone is 1. The van der Waals surface area contributed by atoms with Crippen molar-refractivity contribution < 1.29 is 22.8 Å². The fourth-order valence-electron chi connectivity index (χ4n) is 5.35. The third-order valence-corrected chi connectivity index (χ3v) is 7.70. The Morgan fingerprint density at radius 1 is 1.04 bits per heavy atom. The van der Waals surface area contributed by atoms with Crippen molar-refractivity contribution in [2.75, 3.05) is 11.1 Å². The molecule has 1 fully saturated rings. The number of alkyl halides is 3. The molecule has 9 nitrogen and oxygen atoms in total. The molecule has 1 aliphatic carbocycles. The van der Waals surface area contributed by atoms with Gasteiger partial charge in [-0.25, -0.2) is 9.97 Å². The van der Waals surface area contributed by atoms with E-state index in [-0.39, 0.29) is 17.3 Å². The molecule has 1 aromatic carbocycles. The molecule has 0 saturated heterocycles. The molecule has 46 heavy (non-hydrogen) atoms. The van der Waals surface area contributed by atoms with Crippen molar-refractivity contribution in [3.05, 3.63) is 71.6 Å². The van der Waals surface area contributed by atoms with Crippen LogP contribution in [0.2, 0.25) is 0 Å². The fourth-order valence-corrected chi connectivity index (χ4v) is 5.35. The first-order chi connectivity index (χ1) is 22.2. The van der Waals surface area contributed by atoms with Gasteiger partial charge in [-0.1, -0.05) is 57.4 Å². The lowest BCUT2D eigenvalue weighted by Crippen LogP contribution is -2.32. The molecule has 1 saturated carbocycles. The zero-order chi connectivity index (χ0) is 33.1. The second-order valence-corrected chi connectivity index (χ2v) is 10.9. The van der Waals surface area contributed by atoms with Crippen LogP contribution in [-0.4, -0.2) is 38.0 Å². The molecule has 3 heterocycles. The summed E-state index contributed by atoms with van der Waals surface area (Å²) in [6.07, 6.45) is 11.0. The number of fused-ring (bicyclic) bond motifs is 1. The minimum atomic E-state index is -4.54. The predicted octanol–water partition coefficient (Wildman–Crippen LogP) is 7.92. The lowest BCUT2D eigenvalue weighted by atomic mass is 10.0. The van der Waals surface area contributed by atoms with Crippen molar-refractivity contribution >= 4 is 40.4 Å². The highest BCUT2D eigenvalue weighted by atomic mass is 19.4. The Labute approximate surface area is 266 Å². The van der Waals surface area contributed by atoms with Crippen LogP contribution in [0.1, 0.15) is 93.1 Å². The van der Waals surface area contributed by atoms with Gasteiger partial charge in [0.2, 0.25) is 5.91 Å². The zero-order valence-corrected chi connectivity index (χ0v) is 26.1. The lowest BCUT2D eigenvalue weighted by molar-refractivity contribution is -0.137. The molecule has 0 aliphatic heterocycles. The molecule has 244 valence electrons. The Bertz CT molecular complexity index is 1640. The Kier molecular flexibility index (Phi) is 11.9. The van der Waals surface area contributed by atoms with Crippen molar-refractivity contribution in [1.29, 1.82) is 0 Å². The number of nitrogens with one attached hydrogen (secondary N) is 3. The van der Waals surface area contributed by atoms with E-state index in [9.17, 15) is 22.8 Å². The van der Waals surface area contributed by atoms with E-state index in [0.29, 0.717) is 40.4 Å². The number of aromatic nitrogens is 4. The number of nitrogens with two attached hydrogens (primary N) is 1. The average molecular weight is 636 g/mol. The number of H-pyrrole nitrogens is 1. The monoisotopic (exact) mass is 635 g/mol. The van der Waals surface area contributed by atoms with Crippen LogP contribution in [0.25, 0.3) is 28.2 Å². The van der Waals surface area contributed by atoms with Crippen molar-refractivity contribution in [1.82, 2.24) is 25.5 Å². The predicted molar refractivity (Wildman–Crippen MR) is 175 cm³/mol. The Balaban J connectivity index is 0.00000235. The van der Waals surface area contributed by atoms with E-state index in [2.05, 4.69) is 36.9 Å². The molecule has 0 spiro atoms. The first-order valence-corrected chi connectivity index (χ1v) is 15.7. The molecule has 5 rings (SSSR count). The summed E-state index contributed by atoms with van der Waals surface area (Å²) in [6, 6.07) is 8.47. The van der Waals surface area contributed by atoms with E-state index in [1.54, 1.807) is 30.5 Å². The number of anilines is 2. The maximum Gasteiger partial charge on any atom is 0.416 e. The van der Waals surface area contributed by atoms with Gasteiger partial charge in [0.25, 0.3) is 5.91 Å². The normalized spacial score (nSPS) is 13.5. The second kappa shape index (κ2) is 16.0. The maximum absolute atomic E-state index is 13.0. The van der Waals surface area contributed by atoms with Crippen LogP contribution >= 0.6 is 0 Å². The van der Waals surface area contributed by atoms with Crippen LogP contribution in [-0.2, 0) is 11.0 Å². The fraction of sp³-hybridized carbons (Fsp3) is 0.382. The lowest BCUT2D eigenvalue weighted by Gasteiger charge is -2.11. The number of aromatic amines is 1. The number of rotatable bonds is 11. The average Bonchev–Trinajstić information content (AvgIpc) is 3.73. The van der Waals surface area contributed by atoms with Crippen LogP contribution in [0, 0.1) is 0 Å². The van der Waals surface area contributed by atoms with E-state index >= 15 is 0 Å². The Morgan fingerprint density at radius 2 is 1.78 bits per heavy atom. The quantitative estimate of drug-likeness (QED) is 0.124. The van der Waals surface area contributed by atoms with Crippen LogP contribution in [0.5, 0.6) is 0 Å². The molecule has 2 amide bonds. The molecule has 0 bridgehead atoms. The van der Waals surface area contributed by atoms with Gasteiger partial charge in [0.05, 0.1) is 16.6 Å².